The van der Waals surface area contributed by atoms with Gasteiger partial charge in [-0.1, -0.05) is 47.9 Å². The van der Waals surface area contributed by atoms with Crippen molar-refractivity contribution in [3.05, 3.63) is 70.1 Å². The monoisotopic (exact) mass is 345 g/mol. The number of hydrogen-bond acceptors (Lipinski definition) is 2. The molecule has 24 heavy (non-hydrogen) atoms. The van der Waals surface area contributed by atoms with E-state index in [9.17, 15) is 0 Å². The van der Waals surface area contributed by atoms with E-state index in [0.717, 1.165) is 30.8 Å². The largest absolute Gasteiger partial charge is 0.309 e. The van der Waals surface area contributed by atoms with Gasteiger partial charge >= 0.3 is 0 Å². The van der Waals surface area contributed by atoms with Crippen LogP contribution in [0.2, 0.25) is 5.02 Å². The van der Waals surface area contributed by atoms with Gasteiger partial charge in [0.05, 0.1) is 6.85 Å². The molecular formula is C21H25ClN2. The maximum atomic E-state index is 8.43. The first-order valence-corrected chi connectivity index (χ1v) is 8.84. The minimum absolute atomic E-state index is 0.00813. The van der Waals surface area contributed by atoms with Crippen molar-refractivity contribution in [1.82, 2.24) is 10.2 Å². The molecule has 0 spiro atoms. The standard InChI is InChI=1S/C21H25ClN2/c1-21(2)14-24(11-10-23-21)20-13-18(15-6-4-3-5-7-15)17-9-8-16(22)12-19(17)20/h3-9,12,18,20,23H,10-11,13-14H2,1-2H3/i3D,4D,5D,6D,7D. The highest BCUT2D eigenvalue weighted by Crippen LogP contribution is 2.47. The topological polar surface area (TPSA) is 15.3 Å². The summed E-state index contributed by atoms with van der Waals surface area (Å²) in [4.78, 5) is 2.43. The van der Waals surface area contributed by atoms with E-state index < -0.39 is 0 Å². The third-order valence-electron chi connectivity index (χ3n) is 5.15. The smallest absolute Gasteiger partial charge is 0.0626 e. The summed E-state index contributed by atoms with van der Waals surface area (Å²) in [7, 11) is 0. The van der Waals surface area contributed by atoms with Crippen LogP contribution in [0, 0.1) is 0 Å². The Morgan fingerprint density at radius 3 is 2.75 bits per heavy atom. The molecule has 1 heterocycles. The van der Waals surface area contributed by atoms with Crippen molar-refractivity contribution < 1.29 is 6.85 Å². The first kappa shape index (κ1) is 11.3. The molecule has 126 valence electrons. The van der Waals surface area contributed by atoms with Crippen LogP contribution in [-0.2, 0) is 0 Å². The number of nitrogens with zero attached hydrogens (tertiary/aromatic N) is 1. The molecule has 1 fully saturated rings. The Morgan fingerprint density at radius 1 is 1.21 bits per heavy atom. The molecule has 1 saturated heterocycles. The maximum Gasteiger partial charge on any atom is 0.0626 e. The van der Waals surface area contributed by atoms with Gasteiger partial charge in [0, 0.05) is 42.2 Å². The Morgan fingerprint density at radius 2 is 2.00 bits per heavy atom. The Kier molecular flexibility index (Phi) is 2.91. The second-order valence-electron chi connectivity index (χ2n) is 7.40. The molecule has 0 aromatic heterocycles. The fourth-order valence-electron chi connectivity index (χ4n) is 4.13. The summed E-state index contributed by atoms with van der Waals surface area (Å²) in [5.74, 6) is -0.251. The van der Waals surface area contributed by atoms with Gasteiger partial charge in [0.2, 0.25) is 0 Å². The van der Waals surface area contributed by atoms with Crippen LogP contribution in [0.5, 0.6) is 0 Å². The zero-order chi connectivity index (χ0) is 21.1. The van der Waals surface area contributed by atoms with Gasteiger partial charge in [0.15, 0.2) is 0 Å². The predicted molar refractivity (Wildman–Crippen MR) is 101 cm³/mol. The van der Waals surface area contributed by atoms with Crippen LogP contribution < -0.4 is 5.32 Å². The Bertz CT molecular complexity index is 949. The fraction of sp³-hybridized carbons (Fsp3) is 0.429. The summed E-state index contributed by atoms with van der Waals surface area (Å²) in [6.45, 7) is 7.02. The SMILES string of the molecule is [2H]c1c([2H])c([2H])c(C2CC(N3CCNC(C)(C)C3)c3cc(Cl)ccc32)c([2H])c1[2H]. The molecule has 2 atom stereocenters. The summed E-state index contributed by atoms with van der Waals surface area (Å²) >= 11 is 6.32. The molecule has 2 aliphatic rings. The Hall–Kier alpha value is -1.35. The molecule has 0 bridgehead atoms. The van der Waals surface area contributed by atoms with Gasteiger partial charge in [-0.15, -0.1) is 0 Å². The molecule has 1 N–H and O–H groups in total. The number of rotatable bonds is 2. The molecular weight excluding hydrogens is 316 g/mol. The summed E-state index contributed by atoms with van der Waals surface area (Å²) in [6, 6.07) is 4.75. The van der Waals surface area contributed by atoms with Crippen molar-refractivity contribution in [1.29, 1.82) is 0 Å². The van der Waals surface area contributed by atoms with Crippen molar-refractivity contribution in [2.75, 3.05) is 19.6 Å². The lowest BCUT2D eigenvalue weighted by Gasteiger charge is -2.42. The van der Waals surface area contributed by atoms with E-state index in [4.69, 9.17) is 18.5 Å². The predicted octanol–water partition coefficient (Wildman–Crippen LogP) is 4.60. The number of benzene rings is 2. The minimum atomic E-state index is -0.349. The van der Waals surface area contributed by atoms with Crippen LogP contribution in [0.15, 0.2) is 48.4 Å². The number of fused-ring (bicyclic) bond motifs is 1. The molecule has 4 rings (SSSR count). The van der Waals surface area contributed by atoms with E-state index in [1.54, 1.807) is 0 Å². The lowest BCUT2D eigenvalue weighted by Crippen LogP contribution is -2.57. The molecule has 2 nitrogen and oxygen atoms in total. The van der Waals surface area contributed by atoms with Crippen molar-refractivity contribution in [3.63, 3.8) is 0 Å². The van der Waals surface area contributed by atoms with E-state index in [2.05, 4.69) is 24.1 Å². The zero-order valence-electron chi connectivity index (χ0n) is 19.0. The molecule has 1 aliphatic heterocycles. The maximum absolute atomic E-state index is 8.43. The van der Waals surface area contributed by atoms with Gasteiger partial charge in [0.1, 0.15) is 0 Å². The van der Waals surface area contributed by atoms with Crippen LogP contribution in [-0.4, -0.2) is 30.1 Å². The van der Waals surface area contributed by atoms with Crippen LogP contribution in [0.3, 0.4) is 0 Å². The molecule has 0 radical (unpaired) electrons. The first-order valence-electron chi connectivity index (χ1n) is 11.0. The van der Waals surface area contributed by atoms with E-state index >= 15 is 0 Å². The van der Waals surface area contributed by atoms with Crippen molar-refractivity contribution in [2.24, 2.45) is 0 Å². The number of piperazine rings is 1. The average molecular weight is 346 g/mol. The third kappa shape index (κ3) is 2.99. The molecule has 0 saturated carbocycles. The summed E-state index contributed by atoms with van der Waals surface area (Å²) < 4.78 is 40.9. The van der Waals surface area contributed by atoms with Gasteiger partial charge in [-0.25, -0.2) is 0 Å². The Balaban J connectivity index is 1.82. The highest BCUT2D eigenvalue weighted by Gasteiger charge is 2.38. The van der Waals surface area contributed by atoms with Crippen LogP contribution in [0.4, 0.5) is 0 Å². The summed E-state index contributed by atoms with van der Waals surface area (Å²) in [5, 5.41) is 4.19. The van der Waals surface area contributed by atoms with Crippen LogP contribution >= 0.6 is 11.6 Å². The minimum Gasteiger partial charge on any atom is -0.309 e. The lowest BCUT2D eigenvalue weighted by molar-refractivity contribution is 0.107. The van der Waals surface area contributed by atoms with E-state index in [1.807, 2.05) is 18.2 Å². The quantitative estimate of drug-likeness (QED) is 0.855. The van der Waals surface area contributed by atoms with Gasteiger partial charge in [-0.05, 0) is 49.1 Å². The first-order chi connectivity index (χ1) is 13.6. The molecule has 2 aromatic carbocycles. The molecule has 0 amide bonds. The zero-order valence-corrected chi connectivity index (χ0v) is 14.8. The summed E-state index contributed by atoms with van der Waals surface area (Å²) in [6.07, 6.45) is 0.680. The highest BCUT2D eigenvalue weighted by molar-refractivity contribution is 6.30. The van der Waals surface area contributed by atoms with Crippen molar-refractivity contribution in [3.8, 4) is 0 Å². The van der Waals surface area contributed by atoms with Gasteiger partial charge in [-0.2, -0.15) is 0 Å². The second-order valence-corrected chi connectivity index (χ2v) is 7.83. The number of nitrogens with one attached hydrogen (secondary N) is 1. The fourth-order valence-corrected chi connectivity index (χ4v) is 4.31. The molecule has 1 aliphatic carbocycles. The van der Waals surface area contributed by atoms with E-state index in [0.29, 0.717) is 17.0 Å². The van der Waals surface area contributed by atoms with Gasteiger partial charge in [-0.3, -0.25) is 4.90 Å². The van der Waals surface area contributed by atoms with E-state index in [1.165, 1.54) is 0 Å². The van der Waals surface area contributed by atoms with Gasteiger partial charge < -0.3 is 5.32 Å². The highest BCUT2D eigenvalue weighted by atomic mass is 35.5. The normalized spacial score (nSPS) is 29.2. The van der Waals surface area contributed by atoms with Crippen LogP contribution in [0.25, 0.3) is 0 Å². The molecule has 2 aromatic rings. The lowest BCUT2D eigenvalue weighted by atomic mass is 9.93. The van der Waals surface area contributed by atoms with Gasteiger partial charge in [0.25, 0.3) is 0 Å². The Labute approximate surface area is 156 Å². The second kappa shape index (κ2) is 6.18. The average Bonchev–Trinajstić information content (AvgIpc) is 3.02. The van der Waals surface area contributed by atoms with Crippen molar-refractivity contribution in [2.45, 2.75) is 37.8 Å². The van der Waals surface area contributed by atoms with Crippen LogP contribution in [0.1, 0.15) is 55.8 Å². The third-order valence-corrected chi connectivity index (χ3v) is 5.39. The van der Waals surface area contributed by atoms with E-state index in [-0.39, 0.29) is 47.7 Å². The summed E-state index contributed by atoms with van der Waals surface area (Å²) in [5.41, 5.74) is 2.49. The number of hydrogen-bond donors (Lipinski definition) is 1. The molecule has 2 unspecified atom stereocenters. The molecule has 3 heteroatoms. The number of halogens is 1. The van der Waals surface area contributed by atoms with Crippen molar-refractivity contribution >= 4 is 11.6 Å².